The van der Waals surface area contributed by atoms with E-state index in [2.05, 4.69) is 24.6 Å². The fraction of sp³-hybridized carbons (Fsp3) is 0.455. The van der Waals surface area contributed by atoms with E-state index in [0.717, 1.165) is 12.5 Å². The molecular weight excluding hydrogens is 146 g/mol. The van der Waals surface area contributed by atoms with Crippen molar-refractivity contribution in [1.29, 1.82) is 0 Å². The topological polar surface area (TPSA) is 12.0 Å². The summed E-state index contributed by atoms with van der Waals surface area (Å²) in [5.41, 5.74) is 1.81. The highest BCUT2D eigenvalue weighted by Gasteiger charge is 2.58. The lowest BCUT2D eigenvalue weighted by Gasteiger charge is -2.12. The molecule has 1 saturated heterocycles. The van der Waals surface area contributed by atoms with Gasteiger partial charge in [0.05, 0.1) is 0 Å². The van der Waals surface area contributed by atoms with Gasteiger partial charge in [0.25, 0.3) is 0 Å². The van der Waals surface area contributed by atoms with E-state index in [1.165, 1.54) is 18.5 Å². The zero-order chi connectivity index (χ0) is 8.60. The Morgan fingerprint density at radius 1 is 1.50 bits per heavy atom. The van der Waals surface area contributed by atoms with Crippen LogP contribution in [0, 0.1) is 11.3 Å². The Hall–Kier alpha value is -0.820. The van der Waals surface area contributed by atoms with Gasteiger partial charge in [-0.05, 0) is 24.5 Å². The molecular formula is C11H15N. The Labute approximate surface area is 73.9 Å². The molecule has 1 saturated carbocycles. The number of rotatable bonds is 3. The monoisotopic (exact) mass is 161 g/mol. The van der Waals surface area contributed by atoms with Gasteiger partial charge >= 0.3 is 0 Å². The minimum absolute atomic E-state index is 0.440. The summed E-state index contributed by atoms with van der Waals surface area (Å²) in [4.78, 5) is 0. The number of piperidine rings is 1. The number of nitrogens with one attached hydrogen (secondary N) is 1. The van der Waals surface area contributed by atoms with Gasteiger partial charge in [-0.1, -0.05) is 31.4 Å². The molecule has 1 aliphatic carbocycles. The Balaban J connectivity index is 2.22. The minimum atomic E-state index is 0.440. The van der Waals surface area contributed by atoms with Crippen LogP contribution in [0.1, 0.15) is 6.42 Å². The summed E-state index contributed by atoms with van der Waals surface area (Å²) in [7, 11) is 0. The second-order valence-electron chi connectivity index (χ2n) is 3.75. The fourth-order valence-electron chi connectivity index (χ4n) is 2.35. The van der Waals surface area contributed by atoms with Crippen LogP contribution in [0.3, 0.4) is 0 Å². The lowest BCUT2D eigenvalue weighted by molar-refractivity contribution is 0.621. The van der Waals surface area contributed by atoms with E-state index in [-0.39, 0.29) is 0 Å². The normalized spacial score (nSPS) is 39.0. The largest absolute Gasteiger partial charge is 0.316 e. The molecule has 1 nitrogen and oxygen atoms in total. The molecule has 2 atom stereocenters. The van der Waals surface area contributed by atoms with Crippen LogP contribution in [0.15, 0.2) is 37.0 Å². The van der Waals surface area contributed by atoms with Gasteiger partial charge in [0.2, 0.25) is 0 Å². The second kappa shape index (κ2) is 2.60. The van der Waals surface area contributed by atoms with Crippen molar-refractivity contribution < 1.29 is 0 Å². The maximum atomic E-state index is 3.85. The number of allylic oxidation sites excluding steroid dienone is 3. The molecule has 0 aromatic carbocycles. The van der Waals surface area contributed by atoms with Crippen LogP contribution in [-0.2, 0) is 0 Å². The summed E-state index contributed by atoms with van der Waals surface area (Å²) in [5.74, 6) is 0.863. The van der Waals surface area contributed by atoms with Crippen LogP contribution in [-0.4, -0.2) is 13.1 Å². The highest BCUT2D eigenvalue weighted by molar-refractivity contribution is 5.38. The van der Waals surface area contributed by atoms with Crippen molar-refractivity contribution in [2.75, 3.05) is 13.1 Å². The number of hydrogen-bond acceptors (Lipinski definition) is 1. The molecule has 2 unspecified atom stereocenters. The number of hydrogen-bond donors (Lipinski definition) is 1. The lowest BCUT2D eigenvalue weighted by Crippen LogP contribution is -2.17. The third-order valence-corrected chi connectivity index (χ3v) is 3.16. The molecule has 64 valence electrons. The molecule has 0 amide bonds. The second-order valence-corrected chi connectivity index (χ2v) is 3.75. The zero-order valence-corrected chi connectivity index (χ0v) is 7.34. The van der Waals surface area contributed by atoms with Gasteiger partial charge in [-0.25, -0.2) is 0 Å². The van der Waals surface area contributed by atoms with Crippen LogP contribution in [0.2, 0.25) is 0 Å². The summed E-state index contributed by atoms with van der Waals surface area (Å²) >= 11 is 0. The first-order chi connectivity index (χ1) is 5.83. The molecule has 1 aliphatic heterocycles. The van der Waals surface area contributed by atoms with Gasteiger partial charge in [0, 0.05) is 12.0 Å². The van der Waals surface area contributed by atoms with E-state index >= 15 is 0 Å². The molecule has 0 aromatic heterocycles. The van der Waals surface area contributed by atoms with Crippen LogP contribution in [0.5, 0.6) is 0 Å². The molecule has 0 spiro atoms. The van der Waals surface area contributed by atoms with E-state index in [0.29, 0.717) is 5.41 Å². The highest BCUT2D eigenvalue weighted by atomic mass is 15.0. The molecule has 1 heteroatoms. The average Bonchev–Trinajstić information content (AvgIpc) is 2.66. The first-order valence-corrected chi connectivity index (χ1v) is 4.50. The van der Waals surface area contributed by atoms with Crippen LogP contribution in [0.4, 0.5) is 0 Å². The smallest absolute Gasteiger partial charge is 0.0122 e. The lowest BCUT2D eigenvalue weighted by atomic mass is 9.94. The number of fused-ring (bicyclic) bond motifs is 1. The predicted octanol–water partition coefficient (Wildman–Crippen LogP) is 1.89. The van der Waals surface area contributed by atoms with Crippen molar-refractivity contribution in [3.05, 3.63) is 37.0 Å². The third-order valence-electron chi connectivity index (χ3n) is 3.16. The molecule has 12 heavy (non-hydrogen) atoms. The highest BCUT2D eigenvalue weighted by Crippen LogP contribution is 2.59. The van der Waals surface area contributed by atoms with Crippen molar-refractivity contribution in [3.63, 3.8) is 0 Å². The molecule has 2 fully saturated rings. The summed E-state index contributed by atoms with van der Waals surface area (Å²) in [6.45, 7) is 9.89. The zero-order valence-electron chi connectivity index (χ0n) is 7.34. The SMILES string of the molecule is C=C/C=C(\C=C)C12CNCC1C2. The quantitative estimate of drug-likeness (QED) is 0.623. The Bertz CT molecular complexity index is 252. The fourth-order valence-corrected chi connectivity index (χ4v) is 2.35. The van der Waals surface area contributed by atoms with Gasteiger partial charge in [0.1, 0.15) is 0 Å². The Kier molecular flexibility index (Phi) is 1.69. The summed E-state index contributed by atoms with van der Waals surface area (Å²) in [6, 6.07) is 0. The van der Waals surface area contributed by atoms with Gasteiger partial charge in [-0.2, -0.15) is 0 Å². The van der Waals surface area contributed by atoms with Gasteiger partial charge in [0.15, 0.2) is 0 Å². The summed E-state index contributed by atoms with van der Waals surface area (Å²) < 4.78 is 0. The molecule has 2 rings (SSSR count). The third kappa shape index (κ3) is 0.896. The average molecular weight is 161 g/mol. The Morgan fingerprint density at radius 2 is 2.33 bits per heavy atom. The van der Waals surface area contributed by atoms with Crippen molar-refractivity contribution in [1.82, 2.24) is 5.32 Å². The van der Waals surface area contributed by atoms with E-state index in [1.807, 2.05) is 12.2 Å². The summed E-state index contributed by atoms with van der Waals surface area (Å²) in [6.07, 6.45) is 7.28. The standard InChI is InChI=1S/C11H15N/c1-3-5-9(4-2)11-6-10(11)7-12-8-11/h3-5,10,12H,1-2,6-8H2/b9-5+. The Morgan fingerprint density at radius 3 is 2.75 bits per heavy atom. The maximum absolute atomic E-state index is 3.85. The van der Waals surface area contributed by atoms with Crippen molar-refractivity contribution in [3.8, 4) is 0 Å². The molecule has 0 aromatic rings. The van der Waals surface area contributed by atoms with E-state index in [9.17, 15) is 0 Å². The van der Waals surface area contributed by atoms with Gasteiger partial charge in [-0.15, -0.1) is 0 Å². The van der Waals surface area contributed by atoms with E-state index in [4.69, 9.17) is 0 Å². The molecule has 2 aliphatic rings. The molecule has 1 N–H and O–H groups in total. The molecule has 0 radical (unpaired) electrons. The maximum Gasteiger partial charge on any atom is 0.0122 e. The first kappa shape index (κ1) is 7.81. The first-order valence-electron chi connectivity index (χ1n) is 4.50. The van der Waals surface area contributed by atoms with Crippen LogP contribution < -0.4 is 5.32 Å². The predicted molar refractivity (Wildman–Crippen MR) is 51.9 cm³/mol. The van der Waals surface area contributed by atoms with Crippen molar-refractivity contribution >= 4 is 0 Å². The van der Waals surface area contributed by atoms with E-state index in [1.54, 1.807) is 0 Å². The summed E-state index contributed by atoms with van der Waals surface area (Å²) in [5, 5.41) is 3.41. The minimum Gasteiger partial charge on any atom is -0.316 e. The van der Waals surface area contributed by atoms with Gasteiger partial charge in [-0.3, -0.25) is 0 Å². The molecule has 0 bridgehead atoms. The van der Waals surface area contributed by atoms with E-state index < -0.39 is 0 Å². The molecule has 1 heterocycles. The van der Waals surface area contributed by atoms with Gasteiger partial charge < -0.3 is 5.32 Å². The van der Waals surface area contributed by atoms with Crippen LogP contribution >= 0.6 is 0 Å². The van der Waals surface area contributed by atoms with Crippen molar-refractivity contribution in [2.45, 2.75) is 6.42 Å². The van der Waals surface area contributed by atoms with Crippen molar-refractivity contribution in [2.24, 2.45) is 11.3 Å². The van der Waals surface area contributed by atoms with Crippen LogP contribution in [0.25, 0.3) is 0 Å².